The van der Waals surface area contributed by atoms with Crippen LogP contribution in [0.4, 0.5) is 16.1 Å². The number of Topliss-reactive ketones (excluding diaryl/α,β-unsaturated/α-hetero) is 1. The Morgan fingerprint density at radius 3 is 2.59 bits per heavy atom. The lowest BCUT2D eigenvalue weighted by atomic mass is 9.87. The number of anilines is 2. The molecule has 2 aromatic carbocycles. The molecule has 0 amide bonds. The number of carbonyl (C=O) groups excluding carboxylic acids is 1. The number of hydrogen-bond donors (Lipinski definition) is 2. The molecule has 1 saturated carbocycles. The number of carboxylic acids is 1. The number of likely N-dealkylation sites (tertiary alicyclic amines) is 1. The predicted molar refractivity (Wildman–Crippen MR) is 136 cm³/mol. The van der Waals surface area contributed by atoms with Gasteiger partial charge in [0.1, 0.15) is 5.52 Å². The average molecular weight is 510 g/mol. The van der Waals surface area contributed by atoms with E-state index in [0.29, 0.717) is 61.5 Å². The van der Waals surface area contributed by atoms with Crippen molar-refractivity contribution in [3.63, 3.8) is 0 Å². The van der Waals surface area contributed by atoms with Crippen molar-refractivity contribution in [1.82, 2.24) is 9.88 Å². The number of nitrogens with zero attached hydrogens (tertiary/aromatic N) is 2. The quantitative estimate of drug-likeness (QED) is 0.371. The van der Waals surface area contributed by atoms with Gasteiger partial charge in [0.05, 0.1) is 12.0 Å². The van der Waals surface area contributed by atoms with Crippen LogP contribution in [-0.4, -0.2) is 51.9 Å². The minimum atomic E-state index is -2.54. The van der Waals surface area contributed by atoms with E-state index in [1.807, 2.05) is 31.2 Å². The molecule has 8 nitrogen and oxygen atoms in total. The Morgan fingerprint density at radius 1 is 1.16 bits per heavy atom. The largest absolute Gasteiger partial charge is 0.481 e. The lowest BCUT2D eigenvalue weighted by Crippen LogP contribution is -2.54. The number of alkyl halides is 1. The number of nitrogens with one attached hydrogen (secondary N) is 1. The van der Waals surface area contributed by atoms with E-state index in [4.69, 9.17) is 9.15 Å². The Kier molecular flexibility index (Phi) is 7.26. The first kappa shape index (κ1) is 25.4. The van der Waals surface area contributed by atoms with Crippen LogP contribution in [0.5, 0.6) is 0 Å². The van der Waals surface area contributed by atoms with Gasteiger partial charge in [0, 0.05) is 25.2 Å². The molecule has 0 bridgehead atoms. The van der Waals surface area contributed by atoms with Crippen molar-refractivity contribution >= 4 is 34.6 Å². The lowest BCUT2D eigenvalue weighted by Gasteiger charge is -2.37. The van der Waals surface area contributed by atoms with Crippen molar-refractivity contribution in [3.05, 3.63) is 53.6 Å². The number of carbonyl (C=O) groups is 2. The average Bonchev–Trinajstić information content (AvgIpc) is 3.56. The molecule has 9 heteroatoms. The molecule has 1 aliphatic carbocycles. The second-order valence-corrected chi connectivity index (χ2v) is 10.0. The maximum atomic E-state index is 16.4. The summed E-state index contributed by atoms with van der Waals surface area (Å²) < 4.78 is 28.1. The highest BCUT2D eigenvalue weighted by molar-refractivity contribution is 5.88. The van der Waals surface area contributed by atoms with Crippen LogP contribution in [0.3, 0.4) is 0 Å². The standard InChI is InChI=1S/C28H32FN3O5/c1-18-6-2-3-7-22(18)30-27-31-23-13-8-19(16-24(23)36-27)17-25(33)28(29,32-14-4-5-15-32)37-21-11-9-20(10-12-21)26(34)35/h2-3,6-8,13,16,20-21H,4-5,9-12,14-15,17H2,1H3,(H,30,31)(H,34,35). The molecule has 1 saturated heterocycles. The van der Waals surface area contributed by atoms with E-state index >= 15 is 4.39 Å². The third-order valence-corrected chi connectivity index (χ3v) is 7.41. The van der Waals surface area contributed by atoms with Crippen molar-refractivity contribution < 1.29 is 28.2 Å². The maximum Gasteiger partial charge on any atom is 0.330 e. The second kappa shape index (κ2) is 10.6. The molecular formula is C28H32FN3O5. The molecule has 2 heterocycles. The van der Waals surface area contributed by atoms with Gasteiger partial charge in [-0.05, 0) is 74.8 Å². The highest BCUT2D eigenvalue weighted by Gasteiger charge is 2.48. The van der Waals surface area contributed by atoms with Crippen LogP contribution >= 0.6 is 0 Å². The number of fused-ring (bicyclic) bond motifs is 1. The number of carboxylic acid groups (broad SMARTS) is 1. The molecule has 1 aromatic heterocycles. The number of rotatable bonds is 9. The number of aryl methyl sites for hydroxylation is 1. The van der Waals surface area contributed by atoms with Crippen molar-refractivity contribution in [3.8, 4) is 0 Å². The van der Waals surface area contributed by atoms with Gasteiger partial charge in [-0.3, -0.25) is 9.59 Å². The summed E-state index contributed by atoms with van der Waals surface area (Å²) in [7, 11) is 0. The van der Waals surface area contributed by atoms with Gasteiger partial charge in [0.2, 0.25) is 5.78 Å². The molecule has 37 heavy (non-hydrogen) atoms. The molecule has 2 N–H and O–H groups in total. The van der Waals surface area contributed by atoms with Crippen LogP contribution in [0.1, 0.15) is 49.7 Å². The van der Waals surface area contributed by atoms with Crippen LogP contribution < -0.4 is 5.32 Å². The number of benzene rings is 2. The van der Waals surface area contributed by atoms with Gasteiger partial charge in [0.15, 0.2) is 5.58 Å². The smallest absolute Gasteiger partial charge is 0.330 e. The number of aromatic nitrogens is 1. The van der Waals surface area contributed by atoms with Crippen LogP contribution in [-0.2, 0) is 20.7 Å². The van der Waals surface area contributed by atoms with Gasteiger partial charge in [-0.1, -0.05) is 24.3 Å². The molecule has 5 rings (SSSR count). The highest BCUT2D eigenvalue weighted by Crippen LogP contribution is 2.34. The molecule has 3 aromatic rings. The molecule has 0 spiro atoms. The Morgan fingerprint density at radius 2 is 1.89 bits per heavy atom. The minimum absolute atomic E-state index is 0.158. The SMILES string of the molecule is Cc1ccccc1Nc1nc2ccc(CC(=O)C(F)(OC3CCC(C(=O)O)CC3)N3CCCC3)cc2o1. The molecule has 0 radical (unpaired) electrons. The Bertz CT molecular complexity index is 1280. The molecule has 1 atom stereocenters. The number of aliphatic carboxylic acids is 1. The zero-order chi connectivity index (χ0) is 26.0. The highest BCUT2D eigenvalue weighted by atomic mass is 19.2. The molecular weight excluding hydrogens is 477 g/mol. The molecule has 2 fully saturated rings. The predicted octanol–water partition coefficient (Wildman–Crippen LogP) is 5.37. The monoisotopic (exact) mass is 509 g/mol. The normalized spacial score (nSPS) is 22.1. The van der Waals surface area contributed by atoms with Crippen molar-refractivity contribution in [2.45, 2.75) is 64.0 Å². The number of oxazole rings is 1. The maximum absolute atomic E-state index is 16.4. The summed E-state index contributed by atoms with van der Waals surface area (Å²) in [6.07, 6.45) is 2.64. The first-order valence-corrected chi connectivity index (χ1v) is 12.9. The Labute approximate surface area is 214 Å². The Hall–Kier alpha value is -3.30. The zero-order valence-corrected chi connectivity index (χ0v) is 20.9. The van der Waals surface area contributed by atoms with E-state index in [2.05, 4.69) is 10.3 Å². The number of ketones is 1. The first-order valence-electron chi connectivity index (χ1n) is 12.9. The van der Waals surface area contributed by atoms with Crippen molar-refractivity contribution in [2.24, 2.45) is 5.92 Å². The third-order valence-electron chi connectivity index (χ3n) is 7.41. The van der Waals surface area contributed by atoms with Gasteiger partial charge < -0.3 is 19.6 Å². The van der Waals surface area contributed by atoms with Gasteiger partial charge in [-0.25, -0.2) is 4.90 Å². The Balaban J connectivity index is 1.31. The van der Waals surface area contributed by atoms with Crippen LogP contribution in [0, 0.1) is 12.8 Å². The topological polar surface area (TPSA) is 105 Å². The van der Waals surface area contributed by atoms with E-state index in [0.717, 1.165) is 24.1 Å². The molecule has 196 valence electrons. The van der Waals surface area contributed by atoms with E-state index in [-0.39, 0.29) is 6.42 Å². The third kappa shape index (κ3) is 5.52. The summed E-state index contributed by atoms with van der Waals surface area (Å²) in [6.45, 7) is 2.88. The van der Waals surface area contributed by atoms with Crippen LogP contribution in [0.25, 0.3) is 11.1 Å². The lowest BCUT2D eigenvalue weighted by molar-refractivity contribution is -0.252. The van der Waals surface area contributed by atoms with Crippen LogP contribution in [0.2, 0.25) is 0 Å². The van der Waals surface area contributed by atoms with Crippen molar-refractivity contribution in [1.29, 1.82) is 0 Å². The fraction of sp³-hybridized carbons (Fsp3) is 0.464. The van der Waals surface area contributed by atoms with Gasteiger partial charge in [-0.2, -0.15) is 9.37 Å². The summed E-state index contributed by atoms with van der Waals surface area (Å²) in [4.78, 5) is 30.6. The summed E-state index contributed by atoms with van der Waals surface area (Å²) in [5, 5.41) is 12.4. The van der Waals surface area contributed by atoms with E-state index in [9.17, 15) is 14.7 Å². The van der Waals surface area contributed by atoms with Crippen molar-refractivity contribution in [2.75, 3.05) is 18.4 Å². The number of para-hydroxylation sites is 1. The summed E-state index contributed by atoms with van der Waals surface area (Å²) >= 11 is 0. The van der Waals surface area contributed by atoms with E-state index < -0.39 is 29.8 Å². The minimum Gasteiger partial charge on any atom is -0.481 e. The van der Waals surface area contributed by atoms with Gasteiger partial charge in [-0.15, -0.1) is 0 Å². The number of hydrogen-bond acceptors (Lipinski definition) is 7. The summed E-state index contributed by atoms with van der Waals surface area (Å²) in [5.74, 6) is -4.46. The van der Waals surface area contributed by atoms with Gasteiger partial charge >= 0.3 is 11.9 Å². The fourth-order valence-corrected chi connectivity index (χ4v) is 5.23. The summed E-state index contributed by atoms with van der Waals surface area (Å²) in [5.41, 5.74) is 3.67. The summed E-state index contributed by atoms with van der Waals surface area (Å²) in [6, 6.07) is 13.4. The fourth-order valence-electron chi connectivity index (χ4n) is 5.23. The molecule has 1 unspecified atom stereocenters. The first-order chi connectivity index (χ1) is 17.8. The molecule has 2 aliphatic rings. The van der Waals surface area contributed by atoms with Crippen LogP contribution in [0.15, 0.2) is 46.9 Å². The number of halogens is 1. The van der Waals surface area contributed by atoms with E-state index in [1.165, 1.54) is 4.90 Å². The molecule has 1 aliphatic heterocycles. The zero-order valence-electron chi connectivity index (χ0n) is 20.9. The van der Waals surface area contributed by atoms with E-state index in [1.54, 1.807) is 18.2 Å². The number of ether oxygens (including phenoxy) is 1. The second-order valence-electron chi connectivity index (χ2n) is 10.0. The van der Waals surface area contributed by atoms with Gasteiger partial charge in [0.25, 0.3) is 6.01 Å².